The number of carbonyl (C=O) groups excluding carboxylic acids is 1. The Morgan fingerprint density at radius 3 is 2.81 bits per heavy atom. The second-order valence-electron chi connectivity index (χ2n) is 4.18. The molecule has 0 fully saturated rings. The molecule has 0 aliphatic carbocycles. The van der Waals surface area contributed by atoms with E-state index in [-0.39, 0.29) is 11.5 Å². The van der Waals surface area contributed by atoms with Crippen molar-refractivity contribution in [1.29, 1.82) is 0 Å². The van der Waals surface area contributed by atoms with Crippen LogP contribution in [0.4, 0.5) is 10.8 Å². The third-order valence-electron chi connectivity index (χ3n) is 2.61. The number of Topliss-reactive ketones (excluding diaryl/α,β-unsaturated/α-hetero) is 1. The van der Waals surface area contributed by atoms with Gasteiger partial charge in [-0.2, -0.15) is 5.10 Å². The highest BCUT2D eigenvalue weighted by Gasteiger charge is 2.12. The van der Waals surface area contributed by atoms with Gasteiger partial charge in [-0.25, -0.2) is 4.98 Å². The minimum absolute atomic E-state index is 0.0252. The zero-order valence-corrected chi connectivity index (χ0v) is 12.2. The SMILES string of the molecule is CC(=O)c1sc(N/N=C\c2ccccc2[N+](=O)[O-])nc1C. The first-order chi connectivity index (χ1) is 9.99. The molecule has 1 aromatic heterocycles. The molecule has 2 aromatic rings. The summed E-state index contributed by atoms with van der Waals surface area (Å²) in [5, 5.41) is 15.2. The Labute approximate surface area is 124 Å². The second-order valence-corrected chi connectivity index (χ2v) is 5.17. The smallest absolute Gasteiger partial charge is 0.278 e. The number of benzene rings is 1. The number of nitro groups is 1. The van der Waals surface area contributed by atoms with E-state index in [1.54, 1.807) is 25.1 Å². The van der Waals surface area contributed by atoms with E-state index in [1.165, 1.54) is 30.5 Å². The largest absolute Gasteiger partial charge is 0.294 e. The van der Waals surface area contributed by atoms with E-state index in [9.17, 15) is 14.9 Å². The van der Waals surface area contributed by atoms with Crippen molar-refractivity contribution in [3.05, 3.63) is 50.5 Å². The molecule has 0 bridgehead atoms. The molecule has 0 atom stereocenters. The first-order valence-electron chi connectivity index (χ1n) is 6.00. The van der Waals surface area contributed by atoms with Crippen molar-refractivity contribution < 1.29 is 9.72 Å². The van der Waals surface area contributed by atoms with Crippen LogP contribution < -0.4 is 5.43 Å². The normalized spacial score (nSPS) is 10.8. The van der Waals surface area contributed by atoms with Gasteiger partial charge in [0.1, 0.15) is 0 Å². The number of hydrogen-bond donors (Lipinski definition) is 1. The van der Waals surface area contributed by atoms with Crippen LogP contribution in [0.15, 0.2) is 29.4 Å². The number of aromatic nitrogens is 1. The van der Waals surface area contributed by atoms with Crippen molar-refractivity contribution in [2.24, 2.45) is 5.10 Å². The van der Waals surface area contributed by atoms with Crippen molar-refractivity contribution in [3.8, 4) is 0 Å². The number of aryl methyl sites for hydroxylation is 1. The molecule has 0 saturated carbocycles. The monoisotopic (exact) mass is 304 g/mol. The van der Waals surface area contributed by atoms with Gasteiger partial charge in [-0.05, 0) is 13.0 Å². The molecule has 21 heavy (non-hydrogen) atoms. The molecule has 1 heterocycles. The summed E-state index contributed by atoms with van der Waals surface area (Å²) in [5.74, 6) is -0.0549. The summed E-state index contributed by atoms with van der Waals surface area (Å²) < 4.78 is 0. The van der Waals surface area contributed by atoms with Crippen LogP contribution in [0.1, 0.15) is 27.9 Å². The number of nitrogens with one attached hydrogen (secondary N) is 1. The van der Waals surface area contributed by atoms with Crippen molar-refractivity contribution in [2.75, 3.05) is 5.43 Å². The zero-order valence-electron chi connectivity index (χ0n) is 11.4. The third-order valence-corrected chi connectivity index (χ3v) is 3.78. The number of thiazole rings is 1. The standard InChI is InChI=1S/C13H12N4O3S/c1-8-12(9(2)18)21-13(15-8)16-14-7-10-5-3-4-6-11(10)17(19)20/h3-7H,1-2H3,(H,15,16)/b14-7-. The predicted octanol–water partition coefficient (Wildman–Crippen LogP) is 3.01. The van der Waals surface area contributed by atoms with Gasteiger partial charge in [-0.1, -0.05) is 23.5 Å². The molecule has 8 heteroatoms. The lowest BCUT2D eigenvalue weighted by Gasteiger charge is -1.96. The van der Waals surface area contributed by atoms with Crippen LogP contribution in [0.25, 0.3) is 0 Å². The van der Waals surface area contributed by atoms with Gasteiger partial charge < -0.3 is 0 Å². The van der Waals surface area contributed by atoms with Crippen LogP contribution in [0.2, 0.25) is 0 Å². The van der Waals surface area contributed by atoms with Gasteiger partial charge in [0.2, 0.25) is 5.13 Å². The Balaban J connectivity index is 2.15. The first-order valence-corrected chi connectivity index (χ1v) is 6.81. The Hall–Kier alpha value is -2.61. The fourth-order valence-electron chi connectivity index (χ4n) is 1.69. The lowest BCUT2D eigenvalue weighted by atomic mass is 10.2. The molecule has 0 aliphatic rings. The number of rotatable bonds is 5. The number of anilines is 1. The zero-order chi connectivity index (χ0) is 15.4. The highest BCUT2D eigenvalue weighted by atomic mass is 32.1. The summed E-state index contributed by atoms with van der Waals surface area (Å²) in [6.45, 7) is 3.21. The Morgan fingerprint density at radius 1 is 1.48 bits per heavy atom. The van der Waals surface area contributed by atoms with E-state index in [2.05, 4.69) is 15.5 Å². The molecule has 7 nitrogen and oxygen atoms in total. The first kappa shape index (κ1) is 14.8. The maximum atomic E-state index is 11.3. The molecular formula is C13H12N4O3S. The summed E-state index contributed by atoms with van der Waals surface area (Å²) in [6, 6.07) is 6.28. The van der Waals surface area contributed by atoms with Crippen molar-refractivity contribution >= 4 is 34.2 Å². The van der Waals surface area contributed by atoms with E-state index in [0.717, 1.165) is 0 Å². The molecule has 0 saturated heterocycles. The van der Waals surface area contributed by atoms with Crippen LogP contribution >= 0.6 is 11.3 Å². The topological polar surface area (TPSA) is 97.5 Å². The summed E-state index contributed by atoms with van der Waals surface area (Å²) in [4.78, 5) is 26.4. The van der Waals surface area contributed by atoms with E-state index in [1.807, 2.05) is 0 Å². The fourth-order valence-corrected chi connectivity index (χ4v) is 2.50. The number of para-hydroxylation sites is 1. The number of nitro benzene ring substituents is 1. The third kappa shape index (κ3) is 3.48. The summed E-state index contributed by atoms with van der Waals surface area (Å²) in [6.07, 6.45) is 1.35. The fraction of sp³-hybridized carbons (Fsp3) is 0.154. The molecular weight excluding hydrogens is 292 g/mol. The summed E-state index contributed by atoms with van der Waals surface area (Å²) in [7, 11) is 0. The molecule has 1 N–H and O–H groups in total. The lowest BCUT2D eigenvalue weighted by Crippen LogP contribution is -1.95. The lowest BCUT2D eigenvalue weighted by molar-refractivity contribution is -0.385. The van der Waals surface area contributed by atoms with E-state index < -0.39 is 4.92 Å². The number of hydrogen-bond acceptors (Lipinski definition) is 7. The van der Waals surface area contributed by atoms with Crippen LogP contribution in [-0.2, 0) is 0 Å². The van der Waals surface area contributed by atoms with Crippen LogP contribution in [0.5, 0.6) is 0 Å². The predicted molar refractivity (Wildman–Crippen MR) is 81.2 cm³/mol. The number of ketones is 1. The number of carbonyl (C=O) groups is 1. The molecule has 0 unspecified atom stereocenters. The average molecular weight is 304 g/mol. The van der Waals surface area contributed by atoms with Crippen LogP contribution in [0.3, 0.4) is 0 Å². The maximum Gasteiger partial charge on any atom is 0.278 e. The van der Waals surface area contributed by atoms with Gasteiger partial charge in [0.25, 0.3) is 5.69 Å². The molecule has 0 spiro atoms. The van der Waals surface area contributed by atoms with Gasteiger partial charge in [0.15, 0.2) is 5.78 Å². The molecule has 0 aliphatic heterocycles. The van der Waals surface area contributed by atoms with E-state index >= 15 is 0 Å². The van der Waals surface area contributed by atoms with E-state index in [4.69, 9.17) is 0 Å². The highest BCUT2D eigenvalue weighted by molar-refractivity contribution is 7.17. The van der Waals surface area contributed by atoms with Gasteiger partial charge in [-0.3, -0.25) is 20.3 Å². The van der Waals surface area contributed by atoms with Crippen LogP contribution in [-0.4, -0.2) is 21.9 Å². The minimum Gasteiger partial charge on any atom is -0.294 e. The van der Waals surface area contributed by atoms with E-state index in [0.29, 0.717) is 21.3 Å². The molecule has 1 aromatic carbocycles. The summed E-state index contributed by atoms with van der Waals surface area (Å²) in [5.41, 5.74) is 3.67. The Bertz CT molecular complexity index is 724. The average Bonchev–Trinajstić information content (AvgIpc) is 2.80. The van der Waals surface area contributed by atoms with Gasteiger partial charge in [0.05, 0.1) is 27.3 Å². The summed E-state index contributed by atoms with van der Waals surface area (Å²) >= 11 is 1.19. The number of hydrazone groups is 1. The quantitative estimate of drug-likeness (QED) is 0.396. The molecule has 0 amide bonds. The Kier molecular flexibility index (Phi) is 4.39. The minimum atomic E-state index is -0.469. The highest BCUT2D eigenvalue weighted by Crippen LogP contribution is 2.23. The van der Waals surface area contributed by atoms with Crippen molar-refractivity contribution in [3.63, 3.8) is 0 Å². The van der Waals surface area contributed by atoms with Gasteiger partial charge in [0, 0.05) is 13.0 Å². The molecule has 0 radical (unpaired) electrons. The molecule has 2 rings (SSSR count). The van der Waals surface area contributed by atoms with Gasteiger partial charge >= 0.3 is 0 Å². The van der Waals surface area contributed by atoms with Crippen molar-refractivity contribution in [2.45, 2.75) is 13.8 Å². The van der Waals surface area contributed by atoms with Crippen LogP contribution in [0, 0.1) is 17.0 Å². The Morgan fingerprint density at radius 2 is 2.19 bits per heavy atom. The van der Waals surface area contributed by atoms with Gasteiger partial charge in [-0.15, -0.1) is 0 Å². The molecule has 108 valence electrons. The van der Waals surface area contributed by atoms with Crippen molar-refractivity contribution in [1.82, 2.24) is 4.98 Å². The number of nitrogens with zero attached hydrogens (tertiary/aromatic N) is 3. The second kappa shape index (κ2) is 6.23. The maximum absolute atomic E-state index is 11.3.